The molecule has 30 heavy (non-hydrogen) atoms. The van der Waals surface area contributed by atoms with E-state index < -0.39 is 30.2 Å². The van der Waals surface area contributed by atoms with Crippen molar-refractivity contribution in [1.29, 1.82) is 0 Å². The quantitative estimate of drug-likeness (QED) is 0.530. The number of amides is 3. The predicted molar refractivity (Wildman–Crippen MR) is 108 cm³/mol. The van der Waals surface area contributed by atoms with Gasteiger partial charge in [0.25, 0.3) is 11.8 Å². The van der Waals surface area contributed by atoms with Crippen molar-refractivity contribution in [3.63, 3.8) is 0 Å². The maximum Gasteiger partial charge on any atom is 0.337 e. The molecule has 4 rings (SSSR count). The average Bonchev–Trinajstić information content (AvgIpc) is 2.98. The van der Waals surface area contributed by atoms with E-state index in [4.69, 9.17) is 4.74 Å². The number of imide groups is 1. The van der Waals surface area contributed by atoms with E-state index in [1.165, 1.54) is 7.11 Å². The molecular formula is C22H17N3O5. The first-order valence-corrected chi connectivity index (χ1v) is 9.14. The van der Waals surface area contributed by atoms with Gasteiger partial charge in [-0.15, -0.1) is 0 Å². The van der Waals surface area contributed by atoms with E-state index in [0.717, 1.165) is 4.90 Å². The molecule has 0 saturated carbocycles. The van der Waals surface area contributed by atoms with Crippen molar-refractivity contribution in [2.45, 2.75) is 6.92 Å². The van der Waals surface area contributed by atoms with Crippen molar-refractivity contribution >= 4 is 40.3 Å². The number of anilines is 1. The molecule has 0 bridgehead atoms. The largest absolute Gasteiger partial charge is 0.465 e. The number of benzene rings is 2. The molecule has 8 nitrogen and oxygen atoms in total. The highest BCUT2D eigenvalue weighted by atomic mass is 16.5. The summed E-state index contributed by atoms with van der Waals surface area (Å²) in [6.45, 7) is 1.35. The summed E-state index contributed by atoms with van der Waals surface area (Å²) in [7, 11) is 1.28. The number of fused-ring (bicyclic) bond motifs is 2. The van der Waals surface area contributed by atoms with E-state index in [-0.39, 0.29) is 11.1 Å². The third kappa shape index (κ3) is 3.28. The molecule has 0 unspecified atom stereocenters. The molecule has 1 aromatic heterocycles. The van der Waals surface area contributed by atoms with Crippen LogP contribution in [-0.2, 0) is 9.53 Å². The number of carbonyl (C=O) groups is 4. The third-order valence-corrected chi connectivity index (χ3v) is 4.81. The first-order valence-electron chi connectivity index (χ1n) is 9.14. The summed E-state index contributed by atoms with van der Waals surface area (Å²) in [6, 6.07) is 12.9. The minimum absolute atomic E-state index is 0.281. The summed E-state index contributed by atoms with van der Waals surface area (Å²) in [4.78, 5) is 54.8. The van der Waals surface area contributed by atoms with Gasteiger partial charge in [0, 0.05) is 11.1 Å². The molecule has 3 aromatic rings. The van der Waals surface area contributed by atoms with Crippen LogP contribution in [0, 0.1) is 6.92 Å². The number of nitrogens with zero attached hydrogens (tertiary/aromatic N) is 2. The summed E-state index contributed by atoms with van der Waals surface area (Å²) in [5.41, 5.74) is 2.53. The van der Waals surface area contributed by atoms with Crippen molar-refractivity contribution in [3.05, 3.63) is 70.9 Å². The van der Waals surface area contributed by atoms with Gasteiger partial charge in [-0.2, -0.15) is 0 Å². The number of hydrogen-bond acceptors (Lipinski definition) is 6. The molecule has 2 aromatic carbocycles. The first-order chi connectivity index (χ1) is 14.4. The molecular weight excluding hydrogens is 386 g/mol. The molecule has 8 heteroatoms. The molecule has 150 valence electrons. The summed E-state index contributed by atoms with van der Waals surface area (Å²) >= 11 is 0. The van der Waals surface area contributed by atoms with Gasteiger partial charge in [-0.05, 0) is 43.3 Å². The first kappa shape index (κ1) is 19.3. The van der Waals surface area contributed by atoms with Crippen LogP contribution in [0.15, 0.2) is 48.5 Å². The zero-order valence-corrected chi connectivity index (χ0v) is 16.3. The third-order valence-electron chi connectivity index (χ3n) is 4.81. The molecule has 0 radical (unpaired) electrons. The Balaban J connectivity index is 1.61. The number of carbonyl (C=O) groups excluding carboxylic acids is 4. The molecule has 1 N–H and O–H groups in total. The van der Waals surface area contributed by atoms with Crippen molar-refractivity contribution in [2.24, 2.45) is 0 Å². The lowest BCUT2D eigenvalue weighted by molar-refractivity contribution is -0.116. The molecule has 0 fully saturated rings. The molecule has 3 amide bonds. The zero-order valence-electron chi connectivity index (χ0n) is 16.3. The van der Waals surface area contributed by atoms with E-state index in [0.29, 0.717) is 27.8 Å². The van der Waals surface area contributed by atoms with Crippen LogP contribution in [0.25, 0.3) is 10.9 Å². The van der Waals surface area contributed by atoms with E-state index in [2.05, 4.69) is 10.3 Å². The normalized spacial score (nSPS) is 12.8. The molecule has 1 aliphatic rings. The van der Waals surface area contributed by atoms with Crippen LogP contribution >= 0.6 is 0 Å². The Hall–Kier alpha value is -4.07. The minimum atomic E-state index is -0.542. The summed E-state index contributed by atoms with van der Waals surface area (Å²) < 4.78 is 4.74. The predicted octanol–water partition coefficient (Wildman–Crippen LogP) is 2.56. The number of methoxy groups -OCH3 is 1. The van der Waals surface area contributed by atoms with Gasteiger partial charge in [0.15, 0.2) is 0 Å². The molecule has 1 aliphatic heterocycles. The number of aromatic nitrogens is 1. The van der Waals surface area contributed by atoms with Crippen LogP contribution in [0.3, 0.4) is 0 Å². The highest BCUT2D eigenvalue weighted by molar-refractivity contribution is 6.22. The van der Waals surface area contributed by atoms with Gasteiger partial charge >= 0.3 is 5.97 Å². The Kier molecular flexibility index (Phi) is 4.75. The number of aryl methyl sites for hydroxylation is 1. The zero-order chi connectivity index (χ0) is 21.4. The van der Waals surface area contributed by atoms with Gasteiger partial charge in [-0.3, -0.25) is 24.3 Å². The Morgan fingerprint density at radius 3 is 2.33 bits per heavy atom. The number of nitrogens with one attached hydrogen (secondary N) is 1. The van der Waals surface area contributed by atoms with Gasteiger partial charge in [0.05, 0.1) is 35.0 Å². The average molecular weight is 403 g/mol. The second kappa shape index (κ2) is 7.40. The van der Waals surface area contributed by atoms with Crippen molar-refractivity contribution in [3.8, 4) is 0 Å². The van der Waals surface area contributed by atoms with Crippen LogP contribution in [0.2, 0.25) is 0 Å². The van der Waals surface area contributed by atoms with Crippen LogP contribution in [-0.4, -0.2) is 47.2 Å². The highest BCUT2D eigenvalue weighted by Gasteiger charge is 2.36. The van der Waals surface area contributed by atoms with Gasteiger partial charge in [-0.1, -0.05) is 12.1 Å². The van der Waals surface area contributed by atoms with E-state index >= 15 is 0 Å². The highest BCUT2D eigenvalue weighted by Crippen LogP contribution is 2.26. The smallest absolute Gasteiger partial charge is 0.337 e. The Morgan fingerprint density at radius 2 is 1.70 bits per heavy atom. The Bertz CT molecular complexity index is 1200. The second-order valence-corrected chi connectivity index (χ2v) is 6.82. The molecule has 0 atom stereocenters. The van der Waals surface area contributed by atoms with Crippen molar-refractivity contribution in [2.75, 3.05) is 19.0 Å². The van der Waals surface area contributed by atoms with Crippen LogP contribution in [0.1, 0.15) is 36.8 Å². The lowest BCUT2D eigenvalue weighted by Gasteiger charge is -2.15. The van der Waals surface area contributed by atoms with Gasteiger partial charge in [0.1, 0.15) is 6.54 Å². The SMILES string of the molecule is COC(=O)c1ccc2nc(C)cc(NC(=O)CN3C(=O)c4ccccc4C3=O)c2c1. The summed E-state index contributed by atoms with van der Waals surface area (Å²) in [5, 5.41) is 3.27. The number of hydrogen-bond donors (Lipinski definition) is 1. The molecule has 0 aliphatic carbocycles. The number of pyridine rings is 1. The number of esters is 1. The Morgan fingerprint density at radius 1 is 1.03 bits per heavy atom. The topological polar surface area (TPSA) is 106 Å². The van der Waals surface area contributed by atoms with Crippen LogP contribution in [0.5, 0.6) is 0 Å². The summed E-state index contributed by atoms with van der Waals surface area (Å²) in [6.07, 6.45) is 0. The lowest BCUT2D eigenvalue weighted by Crippen LogP contribution is -2.37. The van der Waals surface area contributed by atoms with Crippen LogP contribution in [0.4, 0.5) is 5.69 Å². The van der Waals surface area contributed by atoms with E-state index in [1.54, 1.807) is 55.5 Å². The second-order valence-electron chi connectivity index (χ2n) is 6.82. The van der Waals surface area contributed by atoms with Crippen molar-refractivity contribution < 1.29 is 23.9 Å². The van der Waals surface area contributed by atoms with Gasteiger partial charge in [0.2, 0.25) is 5.91 Å². The number of rotatable bonds is 4. The van der Waals surface area contributed by atoms with E-state index in [9.17, 15) is 19.2 Å². The maximum atomic E-state index is 12.7. The Labute approximate surface area is 171 Å². The standard InChI is InChI=1S/C22H17N3O5/c1-12-9-18(16-10-13(22(29)30-2)7-8-17(16)23-12)24-19(26)11-25-20(27)14-5-3-4-6-15(14)21(25)28/h3-10H,11H2,1-2H3,(H,23,24,26). The van der Waals surface area contributed by atoms with Gasteiger partial charge in [-0.25, -0.2) is 4.79 Å². The summed E-state index contributed by atoms with van der Waals surface area (Å²) in [5.74, 6) is -2.07. The fourth-order valence-corrected chi connectivity index (χ4v) is 3.42. The maximum absolute atomic E-state index is 12.7. The molecule has 0 spiro atoms. The fraction of sp³-hybridized carbons (Fsp3) is 0.136. The molecule has 2 heterocycles. The van der Waals surface area contributed by atoms with Crippen molar-refractivity contribution in [1.82, 2.24) is 9.88 Å². The monoisotopic (exact) mass is 403 g/mol. The number of ether oxygens (including phenoxy) is 1. The minimum Gasteiger partial charge on any atom is -0.465 e. The lowest BCUT2D eigenvalue weighted by atomic mass is 10.1. The van der Waals surface area contributed by atoms with E-state index in [1.807, 2.05) is 0 Å². The van der Waals surface area contributed by atoms with Crippen LogP contribution < -0.4 is 5.32 Å². The van der Waals surface area contributed by atoms with Gasteiger partial charge < -0.3 is 10.1 Å². The molecule has 0 saturated heterocycles. The fourth-order valence-electron chi connectivity index (χ4n) is 3.42.